The summed E-state index contributed by atoms with van der Waals surface area (Å²) in [7, 11) is 0. The number of ketones is 1. The predicted octanol–water partition coefficient (Wildman–Crippen LogP) is 2.29. The zero-order valence-electron chi connectivity index (χ0n) is 16.6. The van der Waals surface area contributed by atoms with E-state index in [1.165, 1.54) is 0 Å². The van der Waals surface area contributed by atoms with Crippen molar-refractivity contribution < 1.29 is 29.0 Å². The van der Waals surface area contributed by atoms with Crippen LogP contribution in [0.1, 0.15) is 50.2 Å². The quantitative estimate of drug-likeness (QED) is 0.749. The van der Waals surface area contributed by atoms with E-state index in [4.69, 9.17) is 9.84 Å². The zero-order valence-corrected chi connectivity index (χ0v) is 16.6. The highest BCUT2D eigenvalue weighted by molar-refractivity contribution is 6.00. The van der Waals surface area contributed by atoms with Gasteiger partial charge in [0.15, 0.2) is 6.61 Å². The lowest BCUT2D eigenvalue weighted by atomic mass is 9.76. The minimum absolute atomic E-state index is 0.108. The zero-order chi connectivity index (χ0) is 21.0. The highest BCUT2D eigenvalue weighted by Gasteiger charge is 2.37. The molecule has 156 valence electrons. The number of aliphatic carboxylic acids is 1. The van der Waals surface area contributed by atoms with Crippen LogP contribution in [-0.2, 0) is 32.0 Å². The maximum atomic E-state index is 12.9. The molecule has 1 aliphatic carbocycles. The number of imide groups is 1. The Kier molecular flexibility index (Phi) is 6.67. The lowest BCUT2D eigenvalue weighted by Gasteiger charge is -2.30. The largest absolute Gasteiger partial charge is 0.482 e. The van der Waals surface area contributed by atoms with E-state index in [0.29, 0.717) is 31.4 Å². The number of carboxylic acid groups (broad SMARTS) is 1. The number of fused-ring (bicyclic) bond motifs is 1. The highest BCUT2D eigenvalue weighted by atomic mass is 16.5. The second kappa shape index (κ2) is 9.20. The van der Waals surface area contributed by atoms with Gasteiger partial charge in [-0.25, -0.2) is 4.79 Å². The van der Waals surface area contributed by atoms with Crippen LogP contribution in [0.3, 0.4) is 0 Å². The molecule has 3 unspecified atom stereocenters. The molecule has 1 aromatic rings. The summed E-state index contributed by atoms with van der Waals surface area (Å²) < 4.78 is 5.31. The molecule has 0 bridgehead atoms. The third kappa shape index (κ3) is 5.43. The minimum Gasteiger partial charge on any atom is -0.482 e. The van der Waals surface area contributed by atoms with Crippen molar-refractivity contribution in [3.8, 4) is 5.75 Å². The fraction of sp³-hybridized carbons (Fsp3) is 0.545. The SMILES string of the molecule is CC1CCc2cc(OCC(=O)O)ccc2CCC(C2CCC(=O)NC2=O)C(=O)C1. The van der Waals surface area contributed by atoms with Crippen LogP contribution in [0.25, 0.3) is 0 Å². The fourth-order valence-electron chi connectivity index (χ4n) is 4.30. The third-order valence-corrected chi connectivity index (χ3v) is 5.90. The van der Waals surface area contributed by atoms with E-state index in [1.807, 2.05) is 19.1 Å². The van der Waals surface area contributed by atoms with Crippen LogP contribution in [0.15, 0.2) is 18.2 Å². The summed E-state index contributed by atoms with van der Waals surface area (Å²) in [5.74, 6) is -1.66. The maximum Gasteiger partial charge on any atom is 0.341 e. The van der Waals surface area contributed by atoms with Crippen LogP contribution >= 0.6 is 0 Å². The van der Waals surface area contributed by atoms with E-state index in [1.54, 1.807) is 6.07 Å². The normalized spacial score (nSPS) is 25.7. The van der Waals surface area contributed by atoms with Gasteiger partial charge in [-0.1, -0.05) is 13.0 Å². The summed E-state index contributed by atoms with van der Waals surface area (Å²) in [4.78, 5) is 47.5. The molecular weight excluding hydrogens is 374 g/mol. The molecular formula is C22H27NO6. The van der Waals surface area contributed by atoms with Crippen LogP contribution in [0, 0.1) is 17.8 Å². The number of carboxylic acids is 1. The lowest BCUT2D eigenvalue weighted by Crippen LogP contribution is -2.45. The Hall–Kier alpha value is -2.70. The van der Waals surface area contributed by atoms with Gasteiger partial charge < -0.3 is 9.84 Å². The Labute approximate surface area is 169 Å². The number of Topliss-reactive ketones (excluding diaryl/α,β-unsaturated/α-hetero) is 1. The highest BCUT2D eigenvalue weighted by Crippen LogP contribution is 2.32. The molecule has 0 saturated carbocycles. The van der Waals surface area contributed by atoms with Crippen molar-refractivity contribution >= 4 is 23.6 Å². The third-order valence-electron chi connectivity index (χ3n) is 5.90. The molecule has 3 rings (SSSR count). The van der Waals surface area contributed by atoms with E-state index in [9.17, 15) is 19.2 Å². The van der Waals surface area contributed by atoms with Gasteiger partial charge in [-0.15, -0.1) is 0 Å². The number of ether oxygens (including phenoxy) is 1. The first-order chi connectivity index (χ1) is 13.8. The Morgan fingerprint density at radius 1 is 1.07 bits per heavy atom. The molecule has 2 aliphatic rings. The van der Waals surface area contributed by atoms with Crippen LogP contribution in [0.5, 0.6) is 5.75 Å². The number of carbonyl (C=O) groups excluding carboxylic acids is 3. The molecule has 1 aliphatic heterocycles. The van der Waals surface area contributed by atoms with Crippen molar-refractivity contribution in [2.24, 2.45) is 17.8 Å². The summed E-state index contributed by atoms with van der Waals surface area (Å²) in [6.45, 7) is 1.65. The maximum absolute atomic E-state index is 12.9. The van der Waals surface area contributed by atoms with Crippen molar-refractivity contribution in [1.82, 2.24) is 5.32 Å². The van der Waals surface area contributed by atoms with Gasteiger partial charge in [-0.3, -0.25) is 19.7 Å². The van der Waals surface area contributed by atoms with E-state index < -0.39 is 11.9 Å². The molecule has 0 spiro atoms. The first-order valence-electron chi connectivity index (χ1n) is 10.2. The lowest BCUT2D eigenvalue weighted by molar-refractivity contribution is -0.142. The van der Waals surface area contributed by atoms with Crippen molar-refractivity contribution in [3.63, 3.8) is 0 Å². The van der Waals surface area contributed by atoms with E-state index in [2.05, 4.69) is 5.32 Å². The van der Waals surface area contributed by atoms with Gasteiger partial charge in [0.05, 0.1) is 0 Å². The molecule has 1 fully saturated rings. The summed E-state index contributed by atoms with van der Waals surface area (Å²) in [6, 6.07) is 5.56. The van der Waals surface area contributed by atoms with Crippen molar-refractivity contribution in [2.45, 2.75) is 51.9 Å². The molecule has 29 heavy (non-hydrogen) atoms. The van der Waals surface area contributed by atoms with Gasteiger partial charge in [0.2, 0.25) is 11.8 Å². The standard InChI is InChI=1S/C22H27NO6/c1-13-2-3-15-11-16(29-12-21(26)27)6-4-14(15)5-7-17(19(24)10-13)18-8-9-20(25)23-22(18)28/h4,6,11,13,17-18H,2-3,5,7-10,12H2,1H3,(H,26,27)(H,23,25,28). The Morgan fingerprint density at radius 2 is 1.79 bits per heavy atom. The summed E-state index contributed by atoms with van der Waals surface area (Å²) in [5.41, 5.74) is 2.18. The number of amides is 2. The van der Waals surface area contributed by atoms with Crippen molar-refractivity contribution in [1.29, 1.82) is 0 Å². The number of nitrogens with one attached hydrogen (secondary N) is 1. The summed E-state index contributed by atoms with van der Waals surface area (Å²) in [5, 5.41) is 11.2. The average molecular weight is 401 g/mol. The average Bonchev–Trinajstić information content (AvgIpc) is 2.66. The Bertz CT molecular complexity index is 818. The summed E-state index contributed by atoms with van der Waals surface area (Å²) in [6.07, 6.45) is 3.94. The number of carbonyl (C=O) groups is 4. The second-order valence-electron chi connectivity index (χ2n) is 8.13. The van der Waals surface area contributed by atoms with Gasteiger partial charge >= 0.3 is 5.97 Å². The number of hydrogen-bond acceptors (Lipinski definition) is 5. The van der Waals surface area contributed by atoms with E-state index >= 15 is 0 Å². The van der Waals surface area contributed by atoms with Gasteiger partial charge in [0, 0.05) is 24.7 Å². The number of aryl methyl sites for hydroxylation is 2. The fourth-order valence-corrected chi connectivity index (χ4v) is 4.30. The van der Waals surface area contributed by atoms with Crippen LogP contribution < -0.4 is 10.1 Å². The molecule has 1 saturated heterocycles. The second-order valence-corrected chi connectivity index (χ2v) is 8.13. The number of piperidine rings is 1. The minimum atomic E-state index is -1.02. The molecule has 2 N–H and O–H groups in total. The first kappa shape index (κ1) is 21.0. The monoisotopic (exact) mass is 401 g/mol. The predicted molar refractivity (Wildman–Crippen MR) is 104 cm³/mol. The van der Waals surface area contributed by atoms with Gasteiger partial charge in [0.1, 0.15) is 11.5 Å². The van der Waals surface area contributed by atoms with E-state index in [-0.39, 0.29) is 42.5 Å². The molecule has 0 radical (unpaired) electrons. The number of benzene rings is 1. The molecule has 2 amide bonds. The number of rotatable bonds is 4. The number of hydrogen-bond donors (Lipinski definition) is 2. The van der Waals surface area contributed by atoms with Gasteiger partial charge in [-0.2, -0.15) is 0 Å². The smallest absolute Gasteiger partial charge is 0.341 e. The van der Waals surface area contributed by atoms with Crippen LogP contribution in [0.4, 0.5) is 0 Å². The molecule has 1 heterocycles. The molecule has 7 heteroatoms. The van der Waals surface area contributed by atoms with Crippen molar-refractivity contribution in [2.75, 3.05) is 6.61 Å². The molecule has 7 nitrogen and oxygen atoms in total. The van der Waals surface area contributed by atoms with Crippen molar-refractivity contribution in [3.05, 3.63) is 29.3 Å². The van der Waals surface area contributed by atoms with Crippen LogP contribution in [-0.4, -0.2) is 35.3 Å². The van der Waals surface area contributed by atoms with E-state index in [0.717, 1.165) is 24.0 Å². The topological polar surface area (TPSA) is 110 Å². The summed E-state index contributed by atoms with van der Waals surface area (Å²) >= 11 is 0. The van der Waals surface area contributed by atoms with Gasteiger partial charge in [0.25, 0.3) is 0 Å². The van der Waals surface area contributed by atoms with Crippen LogP contribution in [0.2, 0.25) is 0 Å². The van der Waals surface area contributed by atoms with Gasteiger partial charge in [-0.05, 0) is 61.3 Å². The molecule has 1 aromatic carbocycles. The Morgan fingerprint density at radius 3 is 2.52 bits per heavy atom. The molecule has 0 aromatic heterocycles. The first-order valence-corrected chi connectivity index (χ1v) is 10.2. The molecule has 3 atom stereocenters. The Balaban J connectivity index is 1.81.